The maximum absolute atomic E-state index is 11.7. The molecule has 1 amide bonds. The molecule has 6 heteroatoms. The Morgan fingerprint density at radius 3 is 2.42 bits per heavy atom. The van der Waals surface area contributed by atoms with E-state index in [9.17, 15) is 9.59 Å². The van der Waals surface area contributed by atoms with Gasteiger partial charge in [0.1, 0.15) is 0 Å². The van der Waals surface area contributed by atoms with Crippen molar-refractivity contribution in [2.24, 2.45) is 5.10 Å². The zero-order valence-corrected chi connectivity index (χ0v) is 14.0. The zero-order chi connectivity index (χ0) is 17.4. The van der Waals surface area contributed by atoms with E-state index in [4.69, 9.17) is 5.11 Å². The molecule has 0 aliphatic carbocycles. The molecule has 0 aromatic heterocycles. The molecular weight excluding hydrogens is 324 g/mol. The minimum Gasteiger partial charge on any atom is -0.478 e. The first-order valence-corrected chi connectivity index (χ1v) is 8.48. The Kier molecular flexibility index (Phi) is 6.57. The number of benzene rings is 2. The number of aromatic carboxylic acids is 1. The van der Waals surface area contributed by atoms with Gasteiger partial charge in [-0.25, -0.2) is 10.2 Å². The number of hydrogen-bond donors (Lipinski definition) is 2. The van der Waals surface area contributed by atoms with Crippen LogP contribution in [0.25, 0.3) is 0 Å². The smallest absolute Gasteiger partial charge is 0.335 e. The molecule has 0 unspecified atom stereocenters. The Bertz CT molecular complexity index is 725. The van der Waals surface area contributed by atoms with E-state index in [1.165, 1.54) is 41.2 Å². The van der Waals surface area contributed by atoms with E-state index in [0.29, 0.717) is 11.3 Å². The average Bonchev–Trinajstić information content (AvgIpc) is 2.57. The number of carboxylic acids is 1. The van der Waals surface area contributed by atoms with Crippen molar-refractivity contribution in [3.05, 3.63) is 70.8 Å². The molecule has 0 bridgehead atoms. The Morgan fingerprint density at radius 1 is 1.12 bits per heavy atom. The van der Waals surface area contributed by atoms with Crippen LogP contribution in [0.4, 0.5) is 0 Å². The number of carboxylic acid groups (broad SMARTS) is 1. The van der Waals surface area contributed by atoms with Gasteiger partial charge in [0.2, 0.25) is 5.91 Å². The second kappa shape index (κ2) is 8.88. The number of carbonyl (C=O) groups is 2. The van der Waals surface area contributed by atoms with E-state index < -0.39 is 5.97 Å². The summed E-state index contributed by atoms with van der Waals surface area (Å²) in [7, 11) is 0. The van der Waals surface area contributed by atoms with Crippen LogP contribution >= 0.6 is 11.8 Å². The summed E-state index contributed by atoms with van der Waals surface area (Å²) in [5, 5.41) is 12.7. The predicted octanol–water partition coefficient (Wildman–Crippen LogP) is 3.08. The second-order valence-electron chi connectivity index (χ2n) is 5.20. The van der Waals surface area contributed by atoms with Crippen LogP contribution < -0.4 is 5.43 Å². The van der Waals surface area contributed by atoms with E-state index in [1.807, 2.05) is 6.92 Å². The molecule has 2 rings (SSSR count). The third-order valence-corrected chi connectivity index (χ3v) is 4.19. The van der Waals surface area contributed by atoms with Gasteiger partial charge in [0.05, 0.1) is 17.5 Å². The lowest BCUT2D eigenvalue weighted by Crippen LogP contribution is -2.19. The number of thioether (sulfide) groups is 1. The molecule has 0 aliphatic heterocycles. The van der Waals surface area contributed by atoms with Gasteiger partial charge < -0.3 is 5.11 Å². The van der Waals surface area contributed by atoms with Gasteiger partial charge in [-0.15, -0.1) is 11.8 Å². The number of nitrogens with one attached hydrogen (secondary N) is 1. The van der Waals surface area contributed by atoms with Gasteiger partial charge in [-0.2, -0.15) is 5.10 Å². The van der Waals surface area contributed by atoms with Crippen molar-refractivity contribution in [2.45, 2.75) is 12.7 Å². The average molecular weight is 342 g/mol. The van der Waals surface area contributed by atoms with Crippen LogP contribution in [0.15, 0.2) is 53.6 Å². The highest BCUT2D eigenvalue weighted by Crippen LogP contribution is 2.12. The van der Waals surface area contributed by atoms with Gasteiger partial charge in [0, 0.05) is 5.75 Å². The molecule has 24 heavy (non-hydrogen) atoms. The van der Waals surface area contributed by atoms with Crippen LogP contribution in [-0.4, -0.2) is 29.0 Å². The molecule has 2 aromatic carbocycles. The largest absolute Gasteiger partial charge is 0.478 e. The predicted molar refractivity (Wildman–Crippen MR) is 96.5 cm³/mol. The molecule has 124 valence electrons. The fourth-order valence-electron chi connectivity index (χ4n) is 1.87. The van der Waals surface area contributed by atoms with Crippen molar-refractivity contribution in [3.63, 3.8) is 0 Å². The van der Waals surface area contributed by atoms with Crippen LogP contribution in [-0.2, 0) is 10.5 Å². The van der Waals surface area contributed by atoms with E-state index in [-0.39, 0.29) is 11.5 Å². The standard InChI is InChI=1S/C18H18N2O3S/c1-13-2-4-15(5-3-13)11-24-12-17(21)20-19-10-14-6-8-16(9-7-14)18(22)23/h2-10H,11-12H2,1H3,(H,20,21)(H,22,23)/b19-10-. The number of carbonyl (C=O) groups excluding carboxylic acids is 1. The van der Waals surface area contributed by atoms with E-state index in [1.54, 1.807) is 12.1 Å². The highest BCUT2D eigenvalue weighted by atomic mass is 32.2. The molecule has 0 aliphatic rings. The summed E-state index contributed by atoms with van der Waals surface area (Å²) >= 11 is 1.52. The normalized spacial score (nSPS) is 10.7. The highest BCUT2D eigenvalue weighted by molar-refractivity contribution is 7.99. The van der Waals surface area contributed by atoms with Crippen molar-refractivity contribution >= 4 is 29.9 Å². The molecule has 0 heterocycles. The highest BCUT2D eigenvalue weighted by Gasteiger charge is 2.02. The van der Waals surface area contributed by atoms with Gasteiger partial charge in [0.15, 0.2) is 0 Å². The number of nitrogens with zero attached hydrogens (tertiary/aromatic N) is 1. The summed E-state index contributed by atoms with van der Waals surface area (Å²) < 4.78 is 0. The van der Waals surface area contributed by atoms with Crippen LogP contribution in [0, 0.1) is 6.92 Å². The van der Waals surface area contributed by atoms with E-state index in [2.05, 4.69) is 34.8 Å². The number of hydrogen-bond acceptors (Lipinski definition) is 4. The van der Waals surface area contributed by atoms with Crippen molar-refractivity contribution in [3.8, 4) is 0 Å². The minimum atomic E-state index is -0.975. The number of rotatable bonds is 7. The van der Waals surface area contributed by atoms with Gasteiger partial charge >= 0.3 is 5.97 Å². The summed E-state index contributed by atoms with van der Waals surface area (Å²) in [6, 6.07) is 14.5. The van der Waals surface area contributed by atoms with Crippen LogP contribution in [0.3, 0.4) is 0 Å². The molecule has 2 N–H and O–H groups in total. The molecule has 0 spiro atoms. The maximum Gasteiger partial charge on any atom is 0.335 e. The molecule has 0 saturated heterocycles. The molecule has 5 nitrogen and oxygen atoms in total. The lowest BCUT2D eigenvalue weighted by Gasteiger charge is -2.02. The van der Waals surface area contributed by atoms with Gasteiger partial charge in [-0.3, -0.25) is 4.79 Å². The molecule has 0 saturated carbocycles. The number of hydrazone groups is 1. The Hall–Kier alpha value is -2.60. The third kappa shape index (κ3) is 5.89. The molecule has 2 aromatic rings. The lowest BCUT2D eigenvalue weighted by molar-refractivity contribution is -0.118. The molecular formula is C18H18N2O3S. The monoisotopic (exact) mass is 342 g/mol. The van der Waals surface area contributed by atoms with Crippen molar-refractivity contribution in [1.29, 1.82) is 0 Å². The quantitative estimate of drug-likeness (QED) is 0.599. The fraction of sp³-hybridized carbons (Fsp3) is 0.167. The van der Waals surface area contributed by atoms with Crippen LogP contribution in [0.5, 0.6) is 0 Å². The molecule has 0 fully saturated rings. The molecule has 0 radical (unpaired) electrons. The summed E-state index contributed by atoms with van der Waals surface area (Å²) in [4.78, 5) is 22.4. The topological polar surface area (TPSA) is 78.8 Å². The number of aryl methyl sites for hydroxylation is 1. The first kappa shape index (κ1) is 17.7. The van der Waals surface area contributed by atoms with Crippen molar-refractivity contribution < 1.29 is 14.7 Å². The van der Waals surface area contributed by atoms with E-state index >= 15 is 0 Å². The fourth-order valence-corrected chi connectivity index (χ4v) is 2.65. The van der Waals surface area contributed by atoms with Gasteiger partial charge in [-0.1, -0.05) is 42.0 Å². The third-order valence-electron chi connectivity index (χ3n) is 3.18. The lowest BCUT2D eigenvalue weighted by atomic mass is 10.1. The first-order chi connectivity index (χ1) is 11.5. The van der Waals surface area contributed by atoms with E-state index in [0.717, 1.165) is 5.75 Å². The SMILES string of the molecule is Cc1ccc(CSCC(=O)N/N=C\c2ccc(C(=O)O)cc2)cc1. The Morgan fingerprint density at radius 2 is 1.79 bits per heavy atom. The second-order valence-corrected chi connectivity index (χ2v) is 6.18. The summed E-state index contributed by atoms with van der Waals surface area (Å²) in [5.74, 6) is -0.0556. The van der Waals surface area contributed by atoms with Crippen molar-refractivity contribution in [1.82, 2.24) is 5.43 Å². The van der Waals surface area contributed by atoms with Crippen molar-refractivity contribution in [2.75, 3.05) is 5.75 Å². The number of amides is 1. The van der Waals surface area contributed by atoms with Gasteiger partial charge in [-0.05, 0) is 30.2 Å². The van der Waals surface area contributed by atoms with Gasteiger partial charge in [0.25, 0.3) is 0 Å². The van der Waals surface area contributed by atoms with Crippen LogP contribution in [0.2, 0.25) is 0 Å². The Labute approximate surface area is 144 Å². The summed E-state index contributed by atoms with van der Waals surface area (Å²) in [5.41, 5.74) is 5.78. The maximum atomic E-state index is 11.7. The summed E-state index contributed by atoms with van der Waals surface area (Å²) in [6.07, 6.45) is 1.48. The van der Waals surface area contributed by atoms with Crippen LogP contribution in [0.1, 0.15) is 27.0 Å². The zero-order valence-electron chi connectivity index (χ0n) is 13.2. The first-order valence-electron chi connectivity index (χ1n) is 7.33. The minimum absolute atomic E-state index is 0.175. The Balaban J connectivity index is 1.72. The molecule has 0 atom stereocenters. The summed E-state index contributed by atoms with van der Waals surface area (Å²) in [6.45, 7) is 2.04.